The van der Waals surface area contributed by atoms with E-state index in [1.54, 1.807) is 36.2 Å². The molecule has 2 aromatic rings. The molecule has 0 aliphatic heterocycles. The van der Waals surface area contributed by atoms with Crippen molar-refractivity contribution in [3.8, 4) is 6.07 Å². The smallest absolute Gasteiger partial charge is 0.251 e. The van der Waals surface area contributed by atoms with Crippen LogP contribution < -0.4 is 5.32 Å². The van der Waals surface area contributed by atoms with Gasteiger partial charge in [0.2, 0.25) is 0 Å². The van der Waals surface area contributed by atoms with Gasteiger partial charge in [-0.3, -0.25) is 9.48 Å². The molecule has 0 bridgehead atoms. The lowest BCUT2D eigenvalue weighted by atomic mass is 10.1. The maximum Gasteiger partial charge on any atom is 0.251 e. The van der Waals surface area contributed by atoms with E-state index in [0.29, 0.717) is 10.6 Å². The summed E-state index contributed by atoms with van der Waals surface area (Å²) in [7, 11) is 0. The van der Waals surface area contributed by atoms with Crippen LogP contribution in [0.3, 0.4) is 0 Å². The molecule has 0 radical (unpaired) electrons. The molecule has 0 saturated heterocycles. The summed E-state index contributed by atoms with van der Waals surface area (Å²) in [5.74, 6) is -0.169. The topological polar surface area (TPSA) is 70.7 Å². The van der Waals surface area contributed by atoms with Gasteiger partial charge in [-0.25, -0.2) is 0 Å². The lowest BCUT2D eigenvalue weighted by Gasteiger charge is -2.23. The molecule has 98 valence electrons. The summed E-state index contributed by atoms with van der Waals surface area (Å²) in [5.41, 5.74) is 0.856. The summed E-state index contributed by atoms with van der Waals surface area (Å²) in [6, 6.07) is 3.70. The molecule has 19 heavy (non-hydrogen) atoms. The highest BCUT2D eigenvalue weighted by atomic mass is 32.1. The summed E-state index contributed by atoms with van der Waals surface area (Å²) in [5, 5.41) is 17.5. The molecule has 5 nitrogen and oxygen atoms in total. The zero-order valence-corrected chi connectivity index (χ0v) is 11.8. The Bertz CT molecular complexity index is 648. The molecule has 0 spiro atoms. The first-order valence-electron chi connectivity index (χ1n) is 5.75. The lowest BCUT2D eigenvalue weighted by Crippen LogP contribution is -2.40. The maximum atomic E-state index is 12.3. The zero-order chi connectivity index (χ0) is 14.0. The molecule has 1 N–H and O–H groups in total. The number of nitriles is 1. The van der Waals surface area contributed by atoms with E-state index < -0.39 is 5.54 Å². The Morgan fingerprint density at radius 1 is 1.58 bits per heavy atom. The van der Waals surface area contributed by atoms with Crippen molar-refractivity contribution in [3.63, 3.8) is 0 Å². The number of nitrogens with zero attached hydrogens (tertiary/aromatic N) is 3. The van der Waals surface area contributed by atoms with Gasteiger partial charge in [0.15, 0.2) is 0 Å². The number of hydrogen-bond donors (Lipinski definition) is 1. The molecular weight excluding hydrogens is 260 g/mol. The van der Waals surface area contributed by atoms with Crippen LogP contribution in [-0.2, 0) is 10.3 Å². The molecule has 0 fully saturated rings. The van der Waals surface area contributed by atoms with E-state index in [0.717, 1.165) is 5.56 Å². The minimum atomic E-state index is -0.789. The molecule has 0 aromatic carbocycles. The van der Waals surface area contributed by atoms with Gasteiger partial charge in [-0.1, -0.05) is 0 Å². The number of thiophene rings is 1. The van der Waals surface area contributed by atoms with Crippen molar-refractivity contribution in [2.24, 2.45) is 0 Å². The van der Waals surface area contributed by atoms with Gasteiger partial charge in [0.25, 0.3) is 5.91 Å². The zero-order valence-electron chi connectivity index (χ0n) is 11.0. The molecule has 0 atom stereocenters. The van der Waals surface area contributed by atoms with E-state index in [-0.39, 0.29) is 5.91 Å². The summed E-state index contributed by atoms with van der Waals surface area (Å²) in [6.45, 7) is 5.52. The van der Waals surface area contributed by atoms with E-state index in [1.165, 1.54) is 11.3 Å². The Morgan fingerprint density at radius 3 is 2.84 bits per heavy atom. The Morgan fingerprint density at radius 2 is 2.32 bits per heavy atom. The molecule has 2 heterocycles. The third kappa shape index (κ3) is 2.66. The average molecular weight is 274 g/mol. The molecule has 6 heteroatoms. The number of anilines is 1. The van der Waals surface area contributed by atoms with E-state index in [2.05, 4.69) is 10.4 Å². The molecule has 0 aliphatic carbocycles. The predicted octanol–water partition coefficient (Wildman–Crippen LogP) is 2.50. The lowest BCUT2D eigenvalue weighted by molar-refractivity contribution is -0.123. The average Bonchev–Trinajstić information content (AvgIpc) is 2.98. The van der Waals surface area contributed by atoms with Gasteiger partial charge >= 0.3 is 0 Å². The Kier molecular flexibility index (Phi) is 3.40. The van der Waals surface area contributed by atoms with E-state index in [1.807, 2.05) is 19.2 Å². The second-order valence-electron chi connectivity index (χ2n) is 4.79. The number of carbonyl (C=O) groups is 1. The minimum Gasteiger partial charge on any atom is -0.323 e. The Balaban J connectivity index is 2.17. The van der Waals surface area contributed by atoms with Gasteiger partial charge in [-0.2, -0.15) is 10.4 Å². The first-order valence-corrected chi connectivity index (χ1v) is 6.63. The van der Waals surface area contributed by atoms with Gasteiger partial charge in [0.1, 0.15) is 16.5 Å². The van der Waals surface area contributed by atoms with Crippen molar-refractivity contribution < 1.29 is 4.79 Å². The minimum absolute atomic E-state index is 0.169. The largest absolute Gasteiger partial charge is 0.323 e. The number of rotatable bonds is 3. The molecule has 0 unspecified atom stereocenters. The highest BCUT2D eigenvalue weighted by Crippen LogP contribution is 2.22. The maximum absolute atomic E-state index is 12.3. The van der Waals surface area contributed by atoms with Crippen LogP contribution in [-0.4, -0.2) is 15.7 Å². The number of nitrogens with one attached hydrogen (secondary N) is 1. The fourth-order valence-electron chi connectivity index (χ4n) is 1.57. The third-order valence-corrected chi connectivity index (χ3v) is 3.64. The van der Waals surface area contributed by atoms with Crippen LogP contribution in [0.15, 0.2) is 23.8 Å². The summed E-state index contributed by atoms with van der Waals surface area (Å²) in [6.07, 6.45) is 3.54. The molecule has 0 aliphatic rings. The van der Waals surface area contributed by atoms with Crippen LogP contribution in [0.25, 0.3) is 0 Å². The third-order valence-electron chi connectivity index (χ3n) is 2.81. The second-order valence-corrected chi connectivity index (χ2v) is 5.70. The SMILES string of the molecule is Cc1cnn(C(C)(C)C(=O)Nc2csc(C#N)c2)c1. The Hall–Kier alpha value is -2.13. The van der Waals surface area contributed by atoms with Gasteiger partial charge < -0.3 is 5.32 Å². The van der Waals surface area contributed by atoms with E-state index in [9.17, 15) is 4.79 Å². The Labute approximate surface area is 115 Å². The fraction of sp³-hybridized carbons (Fsp3) is 0.308. The first-order chi connectivity index (χ1) is 8.93. The van der Waals surface area contributed by atoms with Gasteiger partial charge in [-0.05, 0) is 32.4 Å². The van der Waals surface area contributed by atoms with Crippen LogP contribution in [0.4, 0.5) is 5.69 Å². The van der Waals surface area contributed by atoms with Gasteiger partial charge in [0.05, 0.1) is 11.9 Å². The number of hydrogen-bond acceptors (Lipinski definition) is 4. The van der Waals surface area contributed by atoms with Crippen LogP contribution in [0.1, 0.15) is 24.3 Å². The monoisotopic (exact) mass is 274 g/mol. The number of carbonyl (C=O) groups excluding carboxylic acids is 1. The fourth-order valence-corrected chi connectivity index (χ4v) is 2.20. The van der Waals surface area contributed by atoms with Crippen LogP contribution in [0.5, 0.6) is 0 Å². The van der Waals surface area contributed by atoms with Crippen molar-refractivity contribution in [1.29, 1.82) is 5.26 Å². The van der Waals surface area contributed by atoms with Crippen molar-refractivity contribution in [3.05, 3.63) is 34.3 Å². The molecule has 2 rings (SSSR count). The predicted molar refractivity (Wildman–Crippen MR) is 73.9 cm³/mol. The van der Waals surface area contributed by atoms with Crippen molar-refractivity contribution in [2.75, 3.05) is 5.32 Å². The summed E-state index contributed by atoms with van der Waals surface area (Å²) >= 11 is 1.30. The van der Waals surface area contributed by atoms with Gasteiger partial charge in [0, 0.05) is 11.6 Å². The van der Waals surface area contributed by atoms with Crippen molar-refractivity contribution in [2.45, 2.75) is 26.3 Å². The first kappa shape index (κ1) is 13.3. The highest BCUT2D eigenvalue weighted by Gasteiger charge is 2.30. The van der Waals surface area contributed by atoms with Crippen molar-refractivity contribution >= 4 is 22.9 Å². The number of aromatic nitrogens is 2. The summed E-state index contributed by atoms with van der Waals surface area (Å²) < 4.78 is 1.63. The molecule has 0 saturated carbocycles. The highest BCUT2D eigenvalue weighted by molar-refractivity contribution is 7.11. The van der Waals surface area contributed by atoms with E-state index in [4.69, 9.17) is 5.26 Å². The molecular formula is C13H14N4OS. The van der Waals surface area contributed by atoms with E-state index >= 15 is 0 Å². The number of amides is 1. The summed E-state index contributed by atoms with van der Waals surface area (Å²) in [4.78, 5) is 12.9. The van der Waals surface area contributed by atoms with Crippen molar-refractivity contribution in [1.82, 2.24) is 9.78 Å². The quantitative estimate of drug-likeness (QED) is 0.934. The standard InChI is InChI=1S/C13H14N4OS/c1-9-6-15-17(7-9)13(2,3)12(18)16-10-4-11(5-14)19-8-10/h4,6-8H,1-3H3,(H,16,18). The van der Waals surface area contributed by atoms with Crippen LogP contribution in [0, 0.1) is 18.3 Å². The molecule has 1 amide bonds. The molecule has 2 aromatic heterocycles. The second kappa shape index (κ2) is 4.86. The normalized spacial score (nSPS) is 11.1. The van der Waals surface area contributed by atoms with Gasteiger partial charge in [-0.15, -0.1) is 11.3 Å². The van der Waals surface area contributed by atoms with Crippen LogP contribution >= 0.6 is 11.3 Å². The van der Waals surface area contributed by atoms with Crippen LogP contribution in [0.2, 0.25) is 0 Å². The number of aryl methyl sites for hydroxylation is 1.